The van der Waals surface area contributed by atoms with Crippen molar-refractivity contribution >= 4 is 11.7 Å². The van der Waals surface area contributed by atoms with Gasteiger partial charge in [0.25, 0.3) is 5.69 Å². The minimum atomic E-state index is -0.992. The Hall–Kier alpha value is -2.96. The van der Waals surface area contributed by atoms with E-state index in [9.17, 15) is 14.9 Å². The maximum atomic E-state index is 10.9. The molecule has 1 N–H and O–H groups in total. The standard InChI is InChI=1S/C14H12N2O5/c1-9-8-15-13(7-11(9)16(19)20)21-12-5-3-2-4-10(12)6-14(17)18/h2-5,7-8H,6H2,1H3,(H,17,18). The molecule has 0 aliphatic carbocycles. The van der Waals surface area contributed by atoms with Crippen molar-refractivity contribution in [1.82, 2.24) is 4.98 Å². The highest BCUT2D eigenvalue weighted by Crippen LogP contribution is 2.28. The molecule has 0 aliphatic rings. The number of aryl methyl sites for hydroxylation is 1. The van der Waals surface area contributed by atoms with Gasteiger partial charge in [-0.05, 0) is 13.0 Å². The van der Waals surface area contributed by atoms with Crippen molar-refractivity contribution in [3.63, 3.8) is 0 Å². The molecule has 0 atom stereocenters. The van der Waals surface area contributed by atoms with E-state index >= 15 is 0 Å². The third-order valence-corrected chi connectivity index (χ3v) is 2.78. The summed E-state index contributed by atoms with van der Waals surface area (Å²) in [6.07, 6.45) is 1.14. The van der Waals surface area contributed by atoms with Gasteiger partial charge < -0.3 is 9.84 Å². The van der Waals surface area contributed by atoms with Crippen LogP contribution in [0, 0.1) is 17.0 Å². The number of carboxylic acids is 1. The summed E-state index contributed by atoms with van der Waals surface area (Å²) in [5, 5.41) is 19.7. The number of aliphatic carboxylic acids is 1. The first-order valence-corrected chi connectivity index (χ1v) is 6.06. The minimum Gasteiger partial charge on any atom is -0.481 e. The Morgan fingerprint density at radius 2 is 2.14 bits per heavy atom. The van der Waals surface area contributed by atoms with E-state index in [2.05, 4.69) is 4.98 Å². The van der Waals surface area contributed by atoms with Crippen LogP contribution >= 0.6 is 0 Å². The van der Waals surface area contributed by atoms with Gasteiger partial charge in [0.2, 0.25) is 5.88 Å². The van der Waals surface area contributed by atoms with Gasteiger partial charge in [0, 0.05) is 17.3 Å². The van der Waals surface area contributed by atoms with Crippen molar-refractivity contribution in [3.05, 3.63) is 57.8 Å². The number of nitrogens with zero attached hydrogens (tertiary/aromatic N) is 2. The molecule has 0 unspecified atom stereocenters. The average molecular weight is 288 g/mol. The molecule has 0 amide bonds. The van der Waals surface area contributed by atoms with Crippen LogP contribution in [-0.4, -0.2) is 21.0 Å². The fraction of sp³-hybridized carbons (Fsp3) is 0.143. The molecular formula is C14H12N2O5. The molecule has 7 nitrogen and oxygen atoms in total. The van der Waals surface area contributed by atoms with E-state index in [1.807, 2.05) is 0 Å². The fourth-order valence-electron chi connectivity index (χ4n) is 1.77. The Morgan fingerprint density at radius 3 is 2.81 bits per heavy atom. The molecule has 1 aromatic heterocycles. The second-order valence-corrected chi connectivity index (χ2v) is 4.35. The van der Waals surface area contributed by atoms with Crippen LogP contribution in [0.2, 0.25) is 0 Å². The van der Waals surface area contributed by atoms with Gasteiger partial charge in [-0.15, -0.1) is 0 Å². The number of rotatable bonds is 5. The van der Waals surface area contributed by atoms with Gasteiger partial charge in [-0.2, -0.15) is 0 Å². The lowest BCUT2D eigenvalue weighted by atomic mass is 10.1. The van der Waals surface area contributed by atoms with Crippen molar-refractivity contribution in [2.75, 3.05) is 0 Å². The molecule has 7 heteroatoms. The predicted octanol–water partition coefficient (Wildman–Crippen LogP) is 2.72. The largest absolute Gasteiger partial charge is 0.481 e. The number of hydrogen-bond acceptors (Lipinski definition) is 5. The maximum absolute atomic E-state index is 10.9. The van der Waals surface area contributed by atoms with Gasteiger partial charge in [0.15, 0.2) is 0 Å². The van der Waals surface area contributed by atoms with E-state index in [1.54, 1.807) is 31.2 Å². The molecule has 0 fully saturated rings. The number of nitro groups is 1. The van der Waals surface area contributed by atoms with Crippen LogP contribution in [0.15, 0.2) is 36.5 Å². The summed E-state index contributed by atoms with van der Waals surface area (Å²) in [5.41, 5.74) is 0.789. The van der Waals surface area contributed by atoms with E-state index in [4.69, 9.17) is 9.84 Å². The highest BCUT2D eigenvalue weighted by molar-refractivity contribution is 5.71. The number of benzene rings is 1. The second kappa shape index (κ2) is 6.00. The smallest absolute Gasteiger partial charge is 0.307 e. The Balaban J connectivity index is 2.32. The number of para-hydroxylation sites is 1. The lowest BCUT2D eigenvalue weighted by Crippen LogP contribution is -2.02. The molecule has 2 aromatic rings. The van der Waals surface area contributed by atoms with E-state index in [0.717, 1.165) is 0 Å². The molecule has 0 radical (unpaired) electrons. The van der Waals surface area contributed by atoms with Crippen LogP contribution in [0.5, 0.6) is 11.6 Å². The number of aromatic nitrogens is 1. The first kappa shape index (κ1) is 14.4. The second-order valence-electron chi connectivity index (χ2n) is 4.35. The van der Waals surface area contributed by atoms with Gasteiger partial charge in [-0.25, -0.2) is 4.98 Å². The molecular weight excluding hydrogens is 276 g/mol. The molecule has 0 aliphatic heterocycles. The lowest BCUT2D eigenvalue weighted by Gasteiger charge is -2.09. The molecule has 108 valence electrons. The Morgan fingerprint density at radius 1 is 1.43 bits per heavy atom. The summed E-state index contributed by atoms with van der Waals surface area (Å²) in [6.45, 7) is 1.58. The van der Waals surface area contributed by atoms with Gasteiger partial charge in [0.05, 0.1) is 17.4 Å². The zero-order chi connectivity index (χ0) is 15.4. The zero-order valence-corrected chi connectivity index (χ0v) is 11.1. The number of carboxylic acid groups (broad SMARTS) is 1. The molecule has 0 spiro atoms. The summed E-state index contributed by atoms with van der Waals surface area (Å²) < 4.78 is 5.48. The van der Waals surface area contributed by atoms with Crippen LogP contribution in [0.1, 0.15) is 11.1 Å². The SMILES string of the molecule is Cc1cnc(Oc2ccccc2CC(=O)O)cc1[N+](=O)[O-]. The summed E-state index contributed by atoms with van der Waals surface area (Å²) in [4.78, 5) is 25.1. The van der Waals surface area contributed by atoms with Gasteiger partial charge >= 0.3 is 5.97 Å². The highest BCUT2D eigenvalue weighted by atomic mass is 16.6. The van der Waals surface area contributed by atoms with Crippen molar-refractivity contribution in [2.24, 2.45) is 0 Å². The highest BCUT2D eigenvalue weighted by Gasteiger charge is 2.15. The molecule has 2 rings (SSSR count). The van der Waals surface area contributed by atoms with Crippen LogP contribution in [0.3, 0.4) is 0 Å². The van der Waals surface area contributed by atoms with Gasteiger partial charge in [-0.3, -0.25) is 14.9 Å². The predicted molar refractivity (Wildman–Crippen MR) is 73.5 cm³/mol. The average Bonchev–Trinajstić information content (AvgIpc) is 2.42. The number of pyridine rings is 1. The summed E-state index contributed by atoms with van der Waals surface area (Å²) >= 11 is 0. The molecule has 0 saturated heterocycles. The maximum Gasteiger partial charge on any atom is 0.307 e. The van der Waals surface area contributed by atoms with Gasteiger partial charge in [-0.1, -0.05) is 18.2 Å². The quantitative estimate of drug-likeness (QED) is 0.670. The Labute approximate surface area is 120 Å². The van der Waals surface area contributed by atoms with Crippen LogP contribution in [0.4, 0.5) is 5.69 Å². The first-order chi connectivity index (χ1) is 9.97. The normalized spacial score (nSPS) is 10.1. The van der Waals surface area contributed by atoms with E-state index in [1.165, 1.54) is 12.3 Å². The van der Waals surface area contributed by atoms with E-state index in [-0.39, 0.29) is 18.0 Å². The first-order valence-electron chi connectivity index (χ1n) is 6.06. The zero-order valence-electron chi connectivity index (χ0n) is 11.1. The van der Waals surface area contributed by atoms with Crippen LogP contribution in [0.25, 0.3) is 0 Å². The Kier molecular flexibility index (Phi) is 4.13. The topological polar surface area (TPSA) is 103 Å². The molecule has 1 aromatic carbocycles. The fourth-order valence-corrected chi connectivity index (χ4v) is 1.77. The van der Waals surface area contributed by atoms with Crippen molar-refractivity contribution < 1.29 is 19.6 Å². The third-order valence-electron chi connectivity index (χ3n) is 2.78. The van der Waals surface area contributed by atoms with Crippen molar-refractivity contribution in [3.8, 4) is 11.6 Å². The van der Waals surface area contributed by atoms with Crippen LogP contribution < -0.4 is 4.74 Å². The van der Waals surface area contributed by atoms with Crippen molar-refractivity contribution in [2.45, 2.75) is 13.3 Å². The molecule has 0 bridgehead atoms. The number of carbonyl (C=O) groups is 1. The monoisotopic (exact) mass is 288 g/mol. The van der Waals surface area contributed by atoms with Gasteiger partial charge in [0.1, 0.15) is 5.75 Å². The minimum absolute atomic E-state index is 0.0464. The van der Waals surface area contributed by atoms with E-state index < -0.39 is 10.9 Å². The molecule has 21 heavy (non-hydrogen) atoms. The number of hydrogen-bond donors (Lipinski definition) is 1. The molecule has 0 saturated carbocycles. The third kappa shape index (κ3) is 3.53. The van der Waals surface area contributed by atoms with Crippen molar-refractivity contribution in [1.29, 1.82) is 0 Å². The summed E-state index contributed by atoms with van der Waals surface area (Å²) in [6, 6.07) is 7.80. The lowest BCUT2D eigenvalue weighted by molar-refractivity contribution is -0.385. The summed E-state index contributed by atoms with van der Waals surface area (Å²) in [5.74, 6) is -0.635. The Bertz CT molecular complexity index is 700. The van der Waals surface area contributed by atoms with E-state index in [0.29, 0.717) is 16.9 Å². The van der Waals surface area contributed by atoms with Crippen LogP contribution in [-0.2, 0) is 11.2 Å². The molecule has 1 heterocycles. The number of ether oxygens (including phenoxy) is 1. The summed E-state index contributed by atoms with van der Waals surface area (Å²) in [7, 11) is 0.